The molecule has 1 aliphatic rings. The average Bonchev–Trinajstić information content (AvgIpc) is 3.11. The van der Waals surface area contributed by atoms with Gasteiger partial charge in [-0.25, -0.2) is 4.39 Å². The van der Waals surface area contributed by atoms with Gasteiger partial charge in [-0.05, 0) is 35.9 Å². The Hall–Kier alpha value is -3.06. The third-order valence-corrected chi connectivity index (χ3v) is 5.33. The maximum Gasteiger partial charge on any atom is 0.227 e. The molecule has 2 aromatic heterocycles. The number of nitrogens with zero attached hydrogens (tertiary/aromatic N) is 5. The minimum atomic E-state index is -0.280. The maximum atomic E-state index is 13.0. The highest BCUT2D eigenvalue weighted by Crippen LogP contribution is 2.19. The summed E-state index contributed by atoms with van der Waals surface area (Å²) in [6.07, 6.45) is 3.86. The number of pyridine rings is 1. The highest BCUT2D eigenvalue weighted by molar-refractivity contribution is 5.78. The van der Waals surface area contributed by atoms with E-state index in [9.17, 15) is 9.18 Å². The molecule has 1 aromatic carbocycles. The van der Waals surface area contributed by atoms with Crippen LogP contribution in [-0.4, -0.2) is 56.7 Å². The van der Waals surface area contributed by atoms with Crippen molar-refractivity contribution in [2.24, 2.45) is 7.05 Å². The number of aryl methyl sites for hydroxylation is 1. The van der Waals surface area contributed by atoms with Crippen LogP contribution in [0.1, 0.15) is 11.3 Å². The molecule has 0 N–H and O–H groups in total. The molecular formula is C22H24FN5O. The fourth-order valence-corrected chi connectivity index (χ4v) is 3.59. The van der Waals surface area contributed by atoms with E-state index in [0.717, 1.165) is 42.1 Å². The number of halogens is 1. The SMILES string of the molecule is Cn1nc(-c2ccncc2)cc1CN1CCN(C(=O)Cc2ccc(F)cc2)CC1. The Labute approximate surface area is 169 Å². The van der Waals surface area contributed by atoms with Crippen molar-refractivity contribution in [1.29, 1.82) is 0 Å². The first-order valence-corrected chi connectivity index (χ1v) is 9.76. The summed E-state index contributed by atoms with van der Waals surface area (Å²) in [7, 11) is 1.96. The van der Waals surface area contributed by atoms with Crippen LogP contribution in [0.2, 0.25) is 0 Å². The van der Waals surface area contributed by atoms with E-state index in [1.54, 1.807) is 24.5 Å². The molecule has 0 atom stereocenters. The van der Waals surface area contributed by atoms with E-state index in [-0.39, 0.29) is 11.7 Å². The van der Waals surface area contributed by atoms with Crippen LogP contribution in [0.25, 0.3) is 11.3 Å². The number of aromatic nitrogens is 3. The van der Waals surface area contributed by atoms with Crippen LogP contribution in [-0.2, 0) is 24.8 Å². The van der Waals surface area contributed by atoms with E-state index in [1.165, 1.54) is 12.1 Å². The summed E-state index contributed by atoms with van der Waals surface area (Å²) < 4.78 is 14.9. The van der Waals surface area contributed by atoms with Crippen LogP contribution in [0.5, 0.6) is 0 Å². The number of hydrogen-bond acceptors (Lipinski definition) is 4. The summed E-state index contributed by atoms with van der Waals surface area (Å²) in [6, 6.07) is 12.2. The van der Waals surface area contributed by atoms with Crippen LogP contribution in [0, 0.1) is 5.82 Å². The first-order valence-electron chi connectivity index (χ1n) is 9.76. The topological polar surface area (TPSA) is 54.3 Å². The minimum absolute atomic E-state index is 0.0942. The number of carbonyl (C=O) groups is 1. The van der Waals surface area contributed by atoms with Gasteiger partial charge in [0, 0.05) is 57.7 Å². The second-order valence-corrected chi connectivity index (χ2v) is 7.34. The first kappa shape index (κ1) is 19.3. The lowest BCUT2D eigenvalue weighted by molar-refractivity contribution is -0.132. The third-order valence-electron chi connectivity index (χ3n) is 5.33. The fraction of sp³-hybridized carbons (Fsp3) is 0.318. The second-order valence-electron chi connectivity index (χ2n) is 7.34. The molecule has 0 unspecified atom stereocenters. The van der Waals surface area contributed by atoms with Gasteiger partial charge in [-0.15, -0.1) is 0 Å². The summed E-state index contributed by atoms with van der Waals surface area (Å²) in [5.74, 6) is -0.186. The second kappa shape index (κ2) is 8.53. The van der Waals surface area contributed by atoms with Gasteiger partial charge in [-0.3, -0.25) is 19.4 Å². The van der Waals surface area contributed by atoms with E-state index < -0.39 is 0 Å². The lowest BCUT2D eigenvalue weighted by atomic mass is 10.1. The van der Waals surface area contributed by atoms with Gasteiger partial charge < -0.3 is 4.90 Å². The Morgan fingerprint density at radius 3 is 2.41 bits per heavy atom. The zero-order valence-corrected chi connectivity index (χ0v) is 16.5. The molecule has 0 aliphatic carbocycles. The zero-order chi connectivity index (χ0) is 20.2. The van der Waals surface area contributed by atoms with Crippen LogP contribution < -0.4 is 0 Å². The lowest BCUT2D eigenvalue weighted by Crippen LogP contribution is -2.48. The standard InChI is InChI=1S/C22H24FN5O/c1-26-20(15-21(25-26)18-6-8-24-9-7-18)16-27-10-12-28(13-11-27)22(29)14-17-2-4-19(23)5-3-17/h2-9,15H,10-14,16H2,1H3. The van der Waals surface area contributed by atoms with Crippen molar-refractivity contribution in [3.8, 4) is 11.3 Å². The molecule has 7 heteroatoms. The van der Waals surface area contributed by atoms with Gasteiger partial charge >= 0.3 is 0 Å². The van der Waals surface area contributed by atoms with Gasteiger partial charge in [0.05, 0.1) is 17.8 Å². The molecule has 1 saturated heterocycles. The predicted molar refractivity (Wildman–Crippen MR) is 108 cm³/mol. The molecule has 0 radical (unpaired) electrons. The van der Waals surface area contributed by atoms with E-state index in [4.69, 9.17) is 0 Å². The molecule has 150 valence electrons. The van der Waals surface area contributed by atoms with Gasteiger partial charge in [-0.2, -0.15) is 5.10 Å². The molecule has 4 rings (SSSR count). The maximum absolute atomic E-state index is 13.0. The average molecular weight is 393 g/mol. The van der Waals surface area contributed by atoms with Crippen molar-refractivity contribution in [2.45, 2.75) is 13.0 Å². The molecule has 0 spiro atoms. The number of carbonyl (C=O) groups excluding carboxylic acids is 1. The Morgan fingerprint density at radius 1 is 1.03 bits per heavy atom. The summed E-state index contributed by atoms with van der Waals surface area (Å²) >= 11 is 0. The fourth-order valence-electron chi connectivity index (χ4n) is 3.59. The summed E-state index contributed by atoms with van der Waals surface area (Å²) in [6.45, 7) is 3.86. The predicted octanol–water partition coefficient (Wildman–Crippen LogP) is 2.51. The number of hydrogen-bond donors (Lipinski definition) is 0. The molecule has 1 amide bonds. The molecule has 0 bridgehead atoms. The molecule has 29 heavy (non-hydrogen) atoms. The molecule has 0 saturated carbocycles. The lowest BCUT2D eigenvalue weighted by Gasteiger charge is -2.34. The molecule has 3 heterocycles. The molecular weight excluding hydrogens is 369 g/mol. The van der Waals surface area contributed by atoms with Crippen molar-refractivity contribution < 1.29 is 9.18 Å². The Kier molecular flexibility index (Phi) is 5.67. The van der Waals surface area contributed by atoms with Crippen molar-refractivity contribution >= 4 is 5.91 Å². The van der Waals surface area contributed by atoms with Crippen LogP contribution in [0.3, 0.4) is 0 Å². The number of piperazine rings is 1. The van der Waals surface area contributed by atoms with Gasteiger partial charge in [0.1, 0.15) is 5.82 Å². The van der Waals surface area contributed by atoms with E-state index in [1.807, 2.05) is 28.8 Å². The molecule has 1 fully saturated rings. The number of benzene rings is 1. The van der Waals surface area contributed by atoms with Crippen LogP contribution >= 0.6 is 0 Å². The zero-order valence-electron chi connectivity index (χ0n) is 16.5. The smallest absolute Gasteiger partial charge is 0.227 e. The summed E-state index contributed by atoms with van der Waals surface area (Å²) in [4.78, 5) is 20.8. The van der Waals surface area contributed by atoms with Gasteiger partial charge in [0.2, 0.25) is 5.91 Å². The summed E-state index contributed by atoms with van der Waals surface area (Å²) in [5, 5.41) is 4.61. The first-order chi connectivity index (χ1) is 14.1. The van der Waals surface area contributed by atoms with Crippen molar-refractivity contribution in [2.75, 3.05) is 26.2 Å². The van der Waals surface area contributed by atoms with Crippen LogP contribution in [0.4, 0.5) is 4.39 Å². The van der Waals surface area contributed by atoms with Crippen molar-refractivity contribution in [3.05, 3.63) is 71.9 Å². The van der Waals surface area contributed by atoms with E-state index in [0.29, 0.717) is 19.5 Å². The van der Waals surface area contributed by atoms with Gasteiger partial charge in [0.25, 0.3) is 0 Å². The van der Waals surface area contributed by atoms with Gasteiger partial charge in [-0.1, -0.05) is 12.1 Å². The molecule has 1 aliphatic heterocycles. The van der Waals surface area contributed by atoms with E-state index in [2.05, 4.69) is 21.0 Å². The minimum Gasteiger partial charge on any atom is -0.340 e. The Balaban J connectivity index is 1.31. The largest absolute Gasteiger partial charge is 0.340 e. The monoisotopic (exact) mass is 393 g/mol. The molecule has 3 aromatic rings. The Bertz CT molecular complexity index is 963. The highest BCUT2D eigenvalue weighted by Gasteiger charge is 2.22. The highest BCUT2D eigenvalue weighted by atomic mass is 19.1. The normalized spacial score (nSPS) is 14.9. The summed E-state index contributed by atoms with van der Waals surface area (Å²) in [5.41, 5.74) is 3.98. The third kappa shape index (κ3) is 4.68. The quantitative estimate of drug-likeness (QED) is 0.668. The van der Waals surface area contributed by atoms with E-state index >= 15 is 0 Å². The van der Waals surface area contributed by atoms with Crippen molar-refractivity contribution in [1.82, 2.24) is 24.6 Å². The molecule has 6 nitrogen and oxygen atoms in total. The number of rotatable bonds is 5. The van der Waals surface area contributed by atoms with Gasteiger partial charge in [0.15, 0.2) is 0 Å². The van der Waals surface area contributed by atoms with Crippen LogP contribution in [0.15, 0.2) is 54.9 Å². The van der Waals surface area contributed by atoms with Crippen molar-refractivity contribution in [3.63, 3.8) is 0 Å². The number of amides is 1. The Morgan fingerprint density at radius 2 is 1.72 bits per heavy atom.